The number of carbonyl (C=O) groups is 1. The Morgan fingerprint density at radius 1 is 1.14 bits per heavy atom. The average molecular weight is 409 g/mol. The first-order chi connectivity index (χ1) is 10.5. The van der Waals surface area contributed by atoms with Gasteiger partial charge in [-0.3, -0.25) is 4.79 Å². The predicted octanol–water partition coefficient (Wildman–Crippen LogP) is 4.49. The number of hydrogen-bond acceptors (Lipinski definition) is 2. The quantitative estimate of drug-likeness (QED) is 0.740. The third-order valence-corrected chi connectivity index (χ3v) is 4.64. The molecule has 22 heavy (non-hydrogen) atoms. The number of ether oxygens (including phenoxy) is 1. The van der Waals surface area contributed by atoms with Gasteiger partial charge in [-0.05, 0) is 83.8 Å². The number of rotatable bonds is 5. The highest BCUT2D eigenvalue weighted by atomic mass is 127. The van der Waals surface area contributed by atoms with Gasteiger partial charge in [0.15, 0.2) is 6.61 Å². The van der Waals surface area contributed by atoms with Crippen molar-refractivity contribution >= 4 is 34.2 Å². The standard InChI is InChI=1S/C18H20INO2/c1-4-14-5-7-15(8-6-14)22-11-18(21)20-17-10-12(2)16(19)9-13(17)3/h5-10H,4,11H2,1-3H3,(H,20,21). The summed E-state index contributed by atoms with van der Waals surface area (Å²) in [6.45, 7) is 6.13. The van der Waals surface area contributed by atoms with Gasteiger partial charge in [0.1, 0.15) is 5.75 Å². The summed E-state index contributed by atoms with van der Waals surface area (Å²) in [6, 6.07) is 11.9. The summed E-state index contributed by atoms with van der Waals surface area (Å²) in [5.41, 5.74) is 4.29. The van der Waals surface area contributed by atoms with E-state index in [0.29, 0.717) is 5.75 Å². The Morgan fingerprint density at radius 3 is 2.45 bits per heavy atom. The summed E-state index contributed by atoms with van der Waals surface area (Å²) in [4.78, 5) is 12.0. The molecule has 0 radical (unpaired) electrons. The fourth-order valence-corrected chi connectivity index (χ4v) is 2.69. The second kappa shape index (κ2) is 7.63. The number of aryl methyl sites for hydroxylation is 3. The molecule has 116 valence electrons. The Morgan fingerprint density at radius 2 is 1.82 bits per heavy atom. The molecule has 3 nitrogen and oxygen atoms in total. The summed E-state index contributed by atoms with van der Waals surface area (Å²) in [6.07, 6.45) is 0.992. The summed E-state index contributed by atoms with van der Waals surface area (Å²) >= 11 is 2.29. The van der Waals surface area contributed by atoms with E-state index in [1.807, 2.05) is 44.2 Å². The Kier molecular flexibility index (Phi) is 5.83. The van der Waals surface area contributed by atoms with E-state index in [1.54, 1.807) is 0 Å². The van der Waals surface area contributed by atoms with Crippen LogP contribution in [0.3, 0.4) is 0 Å². The molecule has 0 aliphatic rings. The smallest absolute Gasteiger partial charge is 0.262 e. The van der Waals surface area contributed by atoms with Gasteiger partial charge in [-0.15, -0.1) is 0 Å². The van der Waals surface area contributed by atoms with Crippen LogP contribution in [-0.2, 0) is 11.2 Å². The lowest BCUT2D eigenvalue weighted by Gasteiger charge is -2.11. The van der Waals surface area contributed by atoms with Gasteiger partial charge in [-0.1, -0.05) is 19.1 Å². The number of carbonyl (C=O) groups excluding carboxylic acids is 1. The first-order valence-corrected chi connectivity index (χ1v) is 8.35. The van der Waals surface area contributed by atoms with Crippen LogP contribution in [0.1, 0.15) is 23.6 Å². The zero-order valence-corrected chi connectivity index (χ0v) is 15.2. The van der Waals surface area contributed by atoms with Crippen LogP contribution >= 0.6 is 22.6 Å². The molecule has 2 rings (SSSR count). The number of benzene rings is 2. The highest BCUT2D eigenvalue weighted by Gasteiger charge is 2.08. The molecule has 0 bridgehead atoms. The van der Waals surface area contributed by atoms with E-state index in [4.69, 9.17) is 4.74 Å². The van der Waals surface area contributed by atoms with Crippen molar-refractivity contribution in [2.75, 3.05) is 11.9 Å². The van der Waals surface area contributed by atoms with Crippen LogP contribution in [0.5, 0.6) is 5.75 Å². The second-order valence-electron chi connectivity index (χ2n) is 5.25. The Balaban J connectivity index is 1.94. The maximum Gasteiger partial charge on any atom is 0.262 e. The first kappa shape index (κ1) is 16.8. The number of halogens is 1. The molecule has 0 saturated carbocycles. The molecule has 1 amide bonds. The average Bonchev–Trinajstić information content (AvgIpc) is 2.51. The molecule has 2 aromatic carbocycles. The van der Waals surface area contributed by atoms with E-state index in [2.05, 4.69) is 40.9 Å². The normalized spacial score (nSPS) is 10.4. The van der Waals surface area contributed by atoms with Crippen LogP contribution in [-0.4, -0.2) is 12.5 Å². The van der Waals surface area contributed by atoms with Gasteiger partial charge >= 0.3 is 0 Å². The number of amides is 1. The predicted molar refractivity (Wildman–Crippen MR) is 98.6 cm³/mol. The molecule has 0 spiro atoms. The third kappa shape index (κ3) is 4.47. The highest BCUT2D eigenvalue weighted by Crippen LogP contribution is 2.22. The van der Waals surface area contributed by atoms with Crippen LogP contribution < -0.4 is 10.1 Å². The molecular weight excluding hydrogens is 389 g/mol. The molecule has 0 unspecified atom stereocenters. The van der Waals surface area contributed by atoms with Gasteiger partial charge in [0.2, 0.25) is 0 Å². The van der Waals surface area contributed by atoms with Gasteiger partial charge in [0, 0.05) is 9.26 Å². The molecule has 2 aromatic rings. The van der Waals surface area contributed by atoms with E-state index >= 15 is 0 Å². The maximum absolute atomic E-state index is 12.0. The molecule has 0 heterocycles. The van der Waals surface area contributed by atoms with Crippen molar-refractivity contribution < 1.29 is 9.53 Å². The minimum Gasteiger partial charge on any atom is -0.484 e. The van der Waals surface area contributed by atoms with Crippen LogP contribution in [0.4, 0.5) is 5.69 Å². The van der Waals surface area contributed by atoms with Gasteiger partial charge in [0.25, 0.3) is 5.91 Å². The lowest BCUT2D eigenvalue weighted by molar-refractivity contribution is -0.118. The monoisotopic (exact) mass is 409 g/mol. The van der Waals surface area contributed by atoms with E-state index in [-0.39, 0.29) is 12.5 Å². The first-order valence-electron chi connectivity index (χ1n) is 7.28. The van der Waals surface area contributed by atoms with Crippen LogP contribution in [0.25, 0.3) is 0 Å². The molecule has 1 N–H and O–H groups in total. The third-order valence-electron chi connectivity index (χ3n) is 3.48. The van der Waals surface area contributed by atoms with Gasteiger partial charge < -0.3 is 10.1 Å². The lowest BCUT2D eigenvalue weighted by Crippen LogP contribution is -2.20. The molecule has 0 fully saturated rings. The van der Waals surface area contributed by atoms with Crippen LogP contribution in [0.2, 0.25) is 0 Å². The maximum atomic E-state index is 12.0. The molecular formula is C18H20INO2. The zero-order valence-electron chi connectivity index (χ0n) is 13.1. The highest BCUT2D eigenvalue weighted by molar-refractivity contribution is 14.1. The largest absolute Gasteiger partial charge is 0.484 e. The fourth-order valence-electron chi connectivity index (χ4n) is 2.07. The van der Waals surface area contributed by atoms with Crippen molar-refractivity contribution in [1.29, 1.82) is 0 Å². The van der Waals surface area contributed by atoms with Crippen molar-refractivity contribution in [1.82, 2.24) is 0 Å². The van der Waals surface area contributed by atoms with E-state index in [1.165, 1.54) is 9.13 Å². The van der Waals surface area contributed by atoms with Gasteiger partial charge in [-0.2, -0.15) is 0 Å². The molecule has 0 aliphatic carbocycles. The molecule has 0 aliphatic heterocycles. The topological polar surface area (TPSA) is 38.3 Å². The summed E-state index contributed by atoms with van der Waals surface area (Å²) in [5.74, 6) is 0.561. The van der Waals surface area contributed by atoms with Crippen molar-refractivity contribution in [3.05, 3.63) is 56.7 Å². The number of nitrogens with one attached hydrogen (secondary N) is 1. The lowest BCUT2D eigenvalue weighted by atomic mass is 10.1. The molecule has 0 atom stereocenters. The van der Waals surface area contributed by atoms with E-state index in [0.717, 1.165) is 23.2 Å². The molecule has 0 saturated heterocycles. The second-order valence-corrected chi connectivity index (χ2v) is 6.41. The van der Waals surface area contributed by atoms with Crippen LogP contribution in [0.15, 0.2) is 36.4 Å². The van der Waals surface area contributed by atoms with Gasteiger partial charge in [0.05, 0.1) is 0 Å². The summed E-state index contributed by atoms with van der Waals surface area (Å²) in [5, 5.41) is 2.90. The molecule has 4 heteroatoms. The van der Waals surface area contributed by atoms with Gasteiger partial charge in [-0.25, -0.2) is 0 Å². The Hall–Kier alpha value is -1.56. The Labute approximate surface area is 145 Å². The zero-order chi connectivity index (χ0) is 16.1. The summed E-state index contributed by atoms with van der Waals surface area (Å²) in [7, 11) is 0. The van der Waals surface area contributed by atoms with Crippen molar-refractivity contribution in [3.8, 4) is 5.75 Å². The fraction of sp³-hybridized carbons (Fsp3) is 0.278. The Bertz CT molecular complexity index is 666. The molecule has 0 aromatic heterocycles. The van der Waals surface area contributed by atoms with Crippen molar-refractivity contribution in [3.63, 3.8) is 0 Å². The van der Waals surface area contributed by atoms with Crippen molar-refractivity contribution in [2.24, 2.45) is 0 Å². The van der Waals surface area contributed by atoms with Crippen molar-refractivity contribution in [2.45, 2.75) is 27.2 Å². The minimum atomic E-state index is -0.150. The van der Waals surface area contributed by atoms with E-state index in [9.17, 15) is 4.79 Å². The SMILES string of the molecule is CCc1ccc(OCC(=O)Nc2cc(C)c(I)cc2C)cc1. The number of anilines is 1. The number of hydrogen-bond donors (Lipinski definition) is 1. The van der Waals surface area contributed by atoms with E-state index < -0.39 is 0 Å². The van der Waals surface area contributed by atoms with Crippen LogP contribution in [0, 0.1) is 17.4 Å². The minimum absolute atomic E-state index is 0.00987. The summed E-state index contributed by atoms with van der Waals surface area (Å²) < 4.78 is 6.71.